The molecule has 0 radical (unpaired) electrons. The van der Waals surface area contributed by atoms with E-state index in [1.807, 2.05) is 0 Å². The van der Waals surface area contributed by atoms with Crippen molar-refractivity contribution in [1.29, 1.82) is 0 Å². The Morgan fingerprint density at radius 3 is 2.43 bits per heavy atom. The van der Waals surface area contributed by atoms with Crippen LogP contribution in [0.1, 0.15) is 30.9 Å². The maximum atomic E-state index is 3.60. The molecule has 2 atom stereocenters. The maximum absolute atomic E-state index is 3.60. The summed E-state index contributed by atoms with van der Waals surface area (Å²) in [6.45, 7) is 4.46. The lowest BCUT2D eigenvalue weighted by molar-refractivity contribution is 0.612. The zero-order valence-corrected chi connectivity index (χ0v) is 10.5. The van der Waals surface area contributed by atoms with Crippen molar-refractivity contribution in [2.75, 3.05) is 5.33 Å². The number of halogens is 1. The first-order chi connectivity index (χ1) is 6.73. The van der Waals surface area contributed by atoms with Gasteiger partial charge in [-0.05, 0) is 36.7 Å². The fraction of sp³-hybridized carbons (Fsp3) is 0.538. The van der Waals surface area contributed by atoms with Gasteiger partial charge >= 0.3 is 0 Å². The van der Waals surface area contributed by atoms with Crippen LogP contribution in [0, 0.1) is 12.8 Å². The van der Waals surface area contributed by atoms with Crippen molar-refractivity contribution in [2.24, 2.45) is 5.92 Å². The average Bonchev–Trinajstić information content (AvgIpc) is 2.94. The van der Waals surface area contributed by atoms with Gasteiger partial charge in [-0.15, -0.1) is 0 Å². The molecule has 0 nitrogen and oxygen atoms in total. The molecule has 0 amide bonds. The molecule has 0 bridgehead atoms. The molecule has 0 N–H and O–H groups in total. The van der Waals surface area contributed by atoms with Crippen LogP contribution in [0.25, 0.3) is 0 Å². The summed E-state index contributed by atoms with van der Waals surface area (Å²) in [5, 5.41) is 1.15. The summed E-state index contributed by atoms with van der Waals surface area (Å²) in [6.07, 6.45) is 2.63. The summed E-state index contributed by atoms with van der Waals surface area (Å²) >= 11 is 3.60. The number of alkyl halides is 1. The Bertz CT molecular complexity index is 315. The molecule has 0 spiro atoms. The van der Waals surface area contributed by atoms with Crippen LogP contribution in [-0.2, 0) is 5.41 Å². The van der Waals surface area contributed by atoms with Crippen LogP contribution in [0.5, 0.6) is 0 Å². The van der Waals surface area contributed by atoms with Crippen molar-refractivity contribution in [3.8, 4) is 0 Å². The molecule has 1 heteroatoms. The van der Waals surface area contributed by atoms with Gasteiger partial charge in [0, 0.05) is 5.33 Å². The van der Waals surface area contributed by atoms with Gasteiger partial charge in [0.2, 0.25) is 0 Å². The lowest BCUT2D eigenvalue weighted by Gasteiger charge is -2.15. The number of hydrogen-bond donors (Lipinski definition) is 0. The SMILES string of the molecule is CCC1(c2ccc(C)cc2)CC1CBr. The molecular weight excluding hydrogens is 236 g/mol. The van der Waals surface area contributed by atoms with Crippen LogP contribution in [0.4, 0.5) is 0 Å². The van der Waals surface area contributed by atoms with E-state index in [1.54, 1.807) is 0 Å². The molecule has 76 valence electrons. The van der Waals surface area contributed by atoms with Crippen molar-refractivity contribution in [1.82, 2.24) is 0 Å². The molecule has 2 rings (SSSR count). The molecule has 0 aliphatic heterocycles. The summed E-state index contributed by atoms with van der Waals surface area (Å²) in [5.74, 6) is 0.857. The first kappa shape index (κ1) is 10.2. The van der Waals surface area contributed by atoms with Crippen molar-refractivity contribution >= 4 is 15.9 Å². The third-order valence-corrected chi connectivity index (χ3v) is 4.46. The first-order valence-corrected chi connectivity index (χ1v) is 6.48. The highest BCUT2D eigenvalue weighted by atomic mass is 79.9. The topological polar surface area (TPSA) is 0 Å². The Hall–Kier alpha value is -0.300. The number of aryl methyl sites for hydroxylation is 1. The predicted octanol–water partition coefficient (Wildman–Crippen LogP) is 4.06. The van der Waals surface area contributed by atoms with Gasteiger partial charge in [0.1, 0.15) is 0 Å². The molecule has 1 fully saturated rings. The Balaban J connectivity index is 2.26. The second-order valence-electron chi connectivity index (χ2n) is 4.43. The van der Waals surface area contributed by atoms with E-state index in [0.717, 1.165) is 11.2 Å². The van der Waals surface area contributed by atoms with E-state index in [9.17, 15) is 0 Å². The van der Waals surface area contributed by atoms with E-state index in [-0.39, 0.29) is 0 Å². The van der Waals surface area contributed by atoms with Crippen molar-refractivity contribution in [3.05, 3.63) is 35.4 Å². The average molecular weight is 253 g/mol. The fourth-order valence-corrected chi connectivity index (χ4v) is 3.31. The van der Waals surface area contributed by atoms with E-state index in [4.69, 9.17) is 0 Å². The van der Waals surface area contributed by atoms with Gasteiger partial charge in [-0.2, -0.15) is 0 Å². The molecule has 14 heavy (non-hydrogen) atoms. The van der Waals surface area contributed by atoms with Crippen LogP contribution < -0.4 is 0 Å². The molecule has 1 aliphatic rings. The Morgan fingerprint density at radius 2 is 2.00 bits per heavy atom. The minimum atomic E-state index is 0.497. The molecule has 1 aromatic carbocycles. The monoisotopic (exact) mass is 252 g/mol. The van der Waals surface area contributed by atoms with Crippen LogP contribution in [0.2, 0.25) is 0 Å². The Morgan fingerprint density at radius 1 is 1.36 bits per heavy atom. The Kier molecular flexibility index (Phi) is 2.70. The second-order valence-corrected chi connectivity index (χ2v) is 5.08. The zero-order chi connectivity index (χ0) is 10.2. The highest BCUT2D eigenvalue weighted by Gasteiger charge is 2.52. The van der Waals surface area contributed by atoms with Crippen LogP contribution >= 0.6 is 15.9 Å². The van der Waals surface area contributed by atoms with E-state index in [0.29, 0.717) is 5.41 Å². The number of rotatable bonds is 3. The highest BCUT2D eigenvalue weighted by molar-refractivity contribution is 9.09. The zero-order valence-electron chi connectivity index (χ0n) is 8.89. The van der Waals surface area contributed by atoms with Crippen molar-refractivity contribution < 1.29 is 0 Å². The molecule has 1 aromatic rings. The molecular formula is C13H17Br. The van der Waals surface area contributed by atoms with Gasteiger partial charge < -0.3 is 0 Å². The Labute approximate surface area is 94.8 Å². The number of benzene rings is 1. The summed E-state index contributed by atoms with van der Waals surface area (Å²) in [5.41, 5.74) is 3.39. The van der Waals surface area contributed by atoms with E-state index >= 15 is 0 Å². The van der Waals surface area contributed by atoms with Crippen molar-refractivity contribution in [3.63, 3.8) is 0 Å². The first-order valence-electron chi connectivity index (χ1n) is 5.36. The van der Waals surface area contributed by atoms with Crippen molar-refractivity contribution in [2.45, 2.75) is 32.1 Å². The molecule has 2 unspecified atom stereocenters. The second kappa shape index (κ2) is 3.69. The van der Waals surface area contributed by atoms with Crippen LogP contribution in [-0.4, -0.2) is 5.33 Å². The van der Waals surface area contributed by atoms with Crippen LogP contribution in [0.3, 0.4) is 0 Å². The largest absolute Gasteiger partial charge is 0.0925 e. The summed E-state index contributed by atoms with van der Waals surface area (Å²) in [7, 11) is 0. The lowest BCUT2D eigenvalue weighted by Crippen LogP contribution is -2.09. The quantitative estimate of drug-likeness (QED) is 0.712. The minimum absolute atomic E-state index is 0.497. The van der Waals surface area contributed by atoms with E-state index < -0.39 is 0 Å². The lowest BCUT2D eigenvalue weighted by atomic mass is 9.90. The van der Waals surface area contributed by atoms with Gasteiger partial charge in [0.25, 0.3) is 0 Å². The maximum Gasteiger partial charge on any atom is 0.00685 e. The molecule has 0 aromatic heterocycles. The summed E-state index contributed by atoms with van der Waals surface area (Å²) in [4.78, 5) is 0. The highest BCUT2D eigenvalue weighted by Crippen LogP contribution is 2.57. The predicted molar refractivity (Wildman–Crippen MR) is 65.0 cm³/mol. The van der Waals surface area contributed by atoms with Gasteiger partial charge in [-0.1, -0.05) is 52.7 Å². The molecule has 0 saturated heterocycles. The summed E-state index contributed by atoms with van der Waals surface area (Å²) < 4.78 is 0. The summed E-state index contributed by atoms with van der Waals surface area (Å²) in [6, 6.07) is 9.08. The smallest absolute Gasteiger partial charge is 0.00685 e. The minimum Gasteiger partial charge on any atom is -0.0925 e. The third kappa shape index (κ3) is 1.52. The van der Waals surface area contributed by atoms with E-state index in [2.05, 4.69) is 54.0 Å². The van der Waals surface area contributed by atoms with E-state index in [1.165, 1.54) is 24.0 Å². The fourth-order valence-electron chi connectivity index (χ4n) is 2.46. The van der Waals surface area contributed by atoms with Gasteiger partial charge in [0.05, 0.1) is 0 Å². The molecule has 1 aliphatic carbocycles. The van der Waals surface area contributed by atoms with Crippen LogP contribution in [0.15, 0.2) is 24.3 Å². The van der Waals surface area contributed by atoms with Gasteiger partial charge in [0.15, 0.2) is 0 Å². The molecule has 1 saturated carbocycles. The van der Waals surface area contributed by atoms with Gasteiger partial charge in [-0.3, -0.25) is 0 Å². The third-order valence-electron chi connectivity index (χ3n) is 3.68. The number of hydrogen-bond acceptors (Lipinski definition) is 0. The standard InChI is InChI=1S/C13H17Br/c1-3-13(8-12(13)9-14)11-6-4-10(2)5-7-11/h4-7,12H,3,8-9H2,1-2H3. The molecule has 0 heterocycles. The normalized spacial score (nSPS) is 30.4. The van der Waals surface area contributed by atoms with Gasteiger partial charge in [-0.25, -0.2) is 0 Å².